The third-order valence-electron chi connectivity index (χ3n) is 3.26. The van der Waals surface area contributed by atoms with Gasteiger partial charge in [0.1, 0.15) is 0 Å². The molecule has 22 heavy (non-hydrogen) atoms. The molecule has 0 aliphatic rings. The number of nitrogens with one attached hydrogen (secondary N) is 1. The van der Waals surface area contributed by atoms with Crippen LogP contribution in [-0.2, 0) is 4.79 Å². The van der Waals surface area contributed by atoms with Crippen molar-refractivity contribution in [3.8, 4) is 11.8 Å². The molecule has 0 radical (unpaired) electrons. The van der Waals surface area contributed by atoms with Crippen LogP contribution in [-0.4, -0.2) is 28.5 Å². The van der Waals surface area contributed by atoms with Crippen LogP contribution >= 0.6 is 11.6 Å². The maximum atomic E-state index is 12.4. The first-order valence-corrected chi connectivity index (χ1v) is 6.84. The molecule has 0 bridgehead atoms. The second-order valence-corrected chi connectivity index (χ2v) is 4.95. The highest BCUT2D eigenvalue weighted by Crippen LogP contribution is 2.23. The largest absolute Gasteiger partial charge is 0.358 e. The van der Waals surface area contributed by atoms with E-state index in [2.05, 4.69) is 10.4 Å². The third-order valence-corrected chi connectivity index (χ3v) is 3.58. The maximum Gasteiger partial charge on any atom is 0.245 e. The van der Waals surface area contributed by atoms with Crippen molar-refractivity contribution >= 4 is 23.3 Å². The first-order valence-electron chi connectivity index (χ1n) is 6.46. The number of hydrogen-bond acceptors (Lipinski definition) is 4. The fourth-order valence-corrected chi connectivity index (χ4v) is 2.27. The van der Waals surface area contributed by atoms with Gasteiger partial charge in [0.2, 0.25) is 5.91 Å². The van der Waals surface area contributed by atoms with E-state index < -0.39 is 17.6 Å². The summed E-state index contributed by atoms with van der Waals surface area (Å²) in [6.45, 7) is 1.68. The van der Waals surface area contributed by atoms with Crippen LogP contribution < -0.4 is 5.32 Å². The molecule has 0 saturated heterocycles. The van der Waals surface area contributed by atoms with Gasteiger partial charge in [-0.1, -0.05) is 23.7 Å². The number of hydrogen-bond donors (Lipinski definition) is 1. The molecule has 1 amide bonds. The van der Waals surface area contributed by atoms with Gasteiger partial charge in [-0.2, -0.15) is 10.4 Å². The Morgan fingerprint density at radius 2 is 2.09 bits per heavy atom. The molecule has 0 aliphatic carbocycles. The Balaban J connectivity index is 2.44. The number of rotatable bonds is 4. The topological polar surface area (TPSA) is 87.8 Å². The second-order valence-electron chi connectivity index (χ2n) is 4.55. The van der Waals surface area contributed by atoms with Gasteiger partial charge < -0.3 is 5.32 Å². The number of ketones is 1. The Kier molecular flexibility index (Phi) is 4.59. The predicted octanol–water partition coefficient (Wildman–Crippen LogP) is 1.90. The van der Waals surface area contributed by atoms with Crippen molar-refractivity contribution in [1.82, 2.24) is 15.1 Å². The zero-order valence-corrected chi connectivity index (χ0v) is 12.8. The summed E-state index contributed by atoms with van der Waals surface area (Å²) in [5.41, 5.74) is 1.35. The number of carbonyl (C=O) groups excluding carboxylic acids is 2. The summed E-state index contributed by atoms with van der Waals surface area (Å²) < 4.78 is 1.51. The molecule has 2 rings (SSSR count). The first-order chi connectivity index (χ1) is 10.5. The molecule has 1 heterocycles. The van der Waals surface area contributed by atoms with E-state index in [0.717, 1.165) is 0 Å². The Morgan fingerprint density at radius 3 is 2.68 bits per heavy atom. The van der Waals surface area contributed by atoms with Crippen molar-refractivity contribution < 1.29 is 9.59 Å². The van der Waals surface area contributed by atoms with Gasteiger partial charge in [-0.15, -0.1) is 0 Å². The molecule has 0 saturated carbocycles. The van der Waals surface area contributed by atoms with E-state index in [1.165, 1.54) is 17.9 Å². The lowest BCUT2D eigenvalue weighted by Gasteiger charge is -2.08. The van der Waals surface area contributed by atoms with E-state index in [-0.39, 0.29) is 5.56 Å². The summed E-state index contributed by atoms with van der Waals surface area (Å²) in [4.78, 5) is 24.0. The molecule has 0 spiro atoms. The quantitative estimate of drug-likeness (QED) is 0.689. The van der Waals surface area contributed by atoms with Gasteiger partial charge in [0.05, 0.1) is 34.2 Å². The number of amides is 1. The van der Waals surface area contributed by atoms with Crippen molar-refractivity contribution in [2.24, 2.45) is 5.92 Å². The number of carbonyl (C=O) groups is 2. The SMILES string of the molecule is CNC(=O)C(C#N)C(=O)c1cnn(-c2ccccc2Cl)c1C. The Bertz CT molecular complexity index is 776. The molecule has 1 atom stereocenters. The molecule has 0 aliphatic heterocycles. The Labute approximate surface area is 132 Å². The number of aromatic nitrogens is 2. The monoisotopic (exact) mass is 316 g/mol. The summed E-state index contributed by atoms with van der Waals surface area (Å²) in [6, 6.07) is 8.77. The number of Topliss-reactive ketones (excluding diaryl/α,β-unsaturated/α-hetero) is 1. The van der Waals surface area contributed by atoms with Crippen LogP contribution in [0.15, 0.2) is 30.5 Å². The van der Waals surface area contributed by atoms with Crippen LogP contribution in [0.25, 0.3) is 5.69 Å². The van der Waals surface area contributed by atoms with Crippen LogP contribution in [0.2, 0.25) is 5.02 Å². The summed E-state index contributed by atoms with van der Waals surface area (Å²) in [5.74, 6) is -2.62. The average Bonchev–Trinajstić information content (AvgIpc) is 2.89. The average molecular weight is 317 g/mol. The highest BCUT2D eigenvalue weighted by molar-refractivity contribution is 6.32. The summed E-state index contributed by atoms with van der Waals surface area (Å²) in [6.07, 6.45) is 1.34. The Hall–Kier alpha value is -2.65. The van der Waals surface area contributed by atoms with Gasteiger partial charge in [0.15, 0.2) is 11.7 Å². The summed E-state index contributed by atoms with van der Waals surface area (Å²) in [7, 11) is 1.37. The molecule has 0 fully saturated rings. The fourth-order valence-electron chi connectivity index (χ4n) is 2.05. The van der Waals surface area contributed by atoms with E-state index in [1.807, 2.05) is 0 Å². The van der Waals surface area contributed by atoms with Crippen LogP contribution in [0.1, 0.15) is 16.1 Å². The molecule has 2 aromatic rings. The summed E-state index contributed by atoms with van der Waals surface area (Å²) >= 11 is 6.12. The minimum Gasteiger partial charge on any atom is -0.358 e. The molecule has 7 heteroatoms. The number of benzene rings is 1. The summed E-state index contributed by atoms with van der Waals surface area (Å²) in [5, 5.41) is 16.0. The molecule has 1 unspecified atom stereocenters. The van der Waals surface area contributed by atoms with Gasteiger partial charge in [0, 0.05) is 7.05 Å². The Morgan fingerprint density at radius 1 is 1.41 bits per heavy atom. The van der Waals surface area contributed by atoms with Gasteiger partial charge in [-0.3, -0.25) is 9.59 Å². The lowest BCUT2D eigenvalue weighted by molar-refractivity contribution is -0.121. The molecule has 1 N–H and O–H groups in total. The van der Waals surface area contributed by atoms with Crippen molar-refractivity contribution in [2.45, 2.75) is 6.92 Å². The molecular weight excluding hydrogens is 304 g/mol. The third kappa shape index (κ3) is 2.71. The van der Waals surface area contributed by atoms with Crippen LogP contribution in [0, 0.1) is 24.2 Å². The minimum absolute atomic E-state index is 0.218. The lowest BCUT2D eigenvalue weighted by Crippen LogP contribution is -2.32. The fraction of sp³-hybridized carbons (Fsp3) is 0.200. The van der Waals surface area contributed by atoms with Gasteiger partial charge in [-0.05, 0) is 19.1 Å². The van der Waals surface area contributed by atoms with Crippen molar-refractivity contribution in [3.05, 3.63) is 46.7 Å². The number of para-hydroxylation sites is 1. The minimum atomic E-state index is -1.40. The second kappa shape index (κ2) is 6.41. The number of nitrogens with zero attached hydrogens (tertiary/aromatic N) is 3. The zero-order chi connectivity index (χ0) is 16.3. The predicted molar refractivity (Wildman–Crippen MR) is 80.8 cm³/mol. The van der Waals surface area contributed by atoms with Gasteiger partial charge >= 0.3 is 0 Å². The van der Waals surface area contributed by atoms with Gasteiger partial charge in [-0.25, -0.2) is 4.68 Å². The van der Waals surface area contributed by atoms with Crippen LogP contribution in [0.5, 0.6) is 0 Å². The van der Waals surface area contributed by atoms with Crippen LogP contribution in [0.4, 0.5) is 0 Å². The van der Waals surface area contributed by atoms with E-state index in [4.69, 9.17) is 16.9 Å². The molecular formula is C15H13ClN4O2. The van der Waals surface area contributed by atoms with E-state index >= 15 is 0 Å². The first kappa shape index (κ1) is 15.7. The number of halogens is 1. The smallest absolute Gasteiger partial charge is 0.245 e. The normalized spacial score (nSPS) is 11.5. The van der Waals surface area contributed by atoms with Gasteiger partial charge in [0.25, 0.3) is 0 Å². The molecule has 1 aromatic carbocycles. The van der Waals surface area contributed by atoms with E-state index in [1.54, 1.807) is 37.3 Å². The standard InChI is InChI=1S/C15H13ClN4O2/c1-9-11(14(21)10(7-17)15(22)18-2)8-19-20(9)13-6-4-3-5-12(13)16/h3-6,8,10H,1-2H3,(H,18,22). The lowest BCUT2D eigenvalue weighted by atomic mass is 9.99. The van der Waals surface area contributed by atoms with Crippen molar-refractivity contribution in [1.29, 1.82) is 5.26 Å². The highest BCUT2D eigenvalue weighted by atomic mass is 35.5. The van der Waals surface area contributed by atoms with Crippen molar-refractivity contribution in [2.75, 3.05) is 7.05 Å². The number of nitriles is 1. The van der Waals surface area contributed by atoms with Crippen LogP contribution in [0.3, 0.4) is 0 Å². The zero-order valence-electron chi connectivity index (χ0n) is 12.0. The van der Waals surface area contributed by atoms with E-state index in [9.17, 15) is 9.59 Å². The molecule has 112 valence electrons. The van der Waals surface area contributed by atoms with Crippen molar-refractivity contribution in [3.63, 3.8) is 0 Å². The highest BCUT2D eigenvalue weighted by Gasteiger charge is 2.29. The molecule has 6 nitrogen and oxygen atoms in total. The maximum absolute atomic E-state index is 12.4. The molecule has 1 aromatic heterocycles. The van der Waals surface area contributed by atoms with E-state index in [0.29, 0.717) is 16.4 Å².